The second-order valence-corrected chi connectivity index (χ2v) is 6.86. The number of hydrogen-bond donors (Lipinski definition) is 1. The maximum absolute atomic E-state index is 12.8. The number of methoxy groups -OCH3 is 1. The highest BCUT2D eigenvalue weighted by molar-refractivity contribution is 6.46. The van der Waals surface area contributed by atoms with Crippen LogP contribution in [0.5, 0.6) is 11.5 Å². The van der Waals surface area contributed by atoms with Crippen molar-refractivity contribution in [3.8, 4) is 11.5 Å². The summed E-state index contributed by atoms with van der Waals surface area (Å²) in [5.41, 5.74) is 0.345. The first-order valence-electron chi connectivity index (χ1n) is 9.25. The van der Waals surface area contributed by atoms with Crippen LogP contribution >= 0.6 is 0 Å². The second kappa shape index (κ2) is 7.63. The van der Waals surface area contributed by atoms with Crippen LogP contribution in [-0.2, 0) is 14.3 Å². The summed E-state index contributed by atoms with van der Waals surface area (Å²) in [4.78, 5) is 27.0. The number of ketones is 1. The number of benzene rings is 1. The van der Waals surface area contributed by atoms with E-state index in [-0.39, 0.29) is 18.1 Å². The fourth-order valence-electron chi connectivity index (χ4n) is 3.59. The fraction of sp³-hybridized carbons (Fsp3) is 0.333. The molecule has 8 nitrogen and oxygen atoms in total. The Morgan fingerprint density at radius 3 is 2.72 bits per heavy atom. The van der Waals surface area contributed by atoms with E-state index in [4.69, 9.17) is 18.6 Å². The van der Waals surface area contributed by atoms with Gasteiger partial charge in [-0.15, -0.1) is 0 Å². The zero-order valence-electron chi connectivity index (χ0n) is 16.1. The fourth-order valence-corrected chi connectivity index (χ4v) is 3.59. The molecule has 1 aromatic heterocycles. The quantitative estimate of drug-likeness (QED) is 0.345. The number of Topliss-reactive ketones (excluding diaryl/α,β-unsaturated/α-hetero) is 1. The molecular weight excluding hydrogens is 378 g/mol. The Kier molecular flexibility index (Phi) is 5.02. The topological polar surface area (TPSA) is 98.4 Å². The van der Waals surface area contributed by atoms with E-state index >= 15 is 0 Å². The maximum atomic E-state index is 12.8. The molecule has 1 unspecified atom stereocenters. The van der Waals surface area contributed by atoms with Crippen molar-refractivity contribution in [2.75, 3.05) is 27.1 Å². The van der Waals surface area contributed by atoms with E-state index in [1.807, 2.05) is 0 Å². The van der Waals surface area contributed by atoms with Crippen molar-refractivity contribution in [1.82, 2.24) is 4.90 Å². The van der Waals surface area contributed by atoms with E-state index < -0.39 is 17.7 Å². The Hall–Kier alpha value is -3.26. The summed E-state index contributed by atoms with van der Waals surface area (Å²) in [5, 5.41) is 11.0. The van der Waals surface area contributed by atoms with Gasteiger partial charge in [-0.2, -0.15) is 0 Å². The lowest BCUT2D eigenvalue weighted by Crippen LogP contribution is -2.31. The predicted octanol–water partition coefficient (Wildman–Crippen LogP) is 2.77. The number of aliphatic hydroxyl groups excluding tert-OH is 1. The van der Waals surface area contributed by atoms with Crippen molar-refractivity contribution in [2.24, 2.45) is 0 Å². The van der Waals surface area contributed by atoms with E-state index in [1.165, 1.54) is 4.90 Å². The normalized spacial score (nSPS) is 19.9. The number of carbonyl (C=O) groups is 2. The first-order chi connectivity index (χ1) is 14.0. The summed E-state index contributed by atoms with van der Waals surface area (Å²) in [6.45, 7) is 2.60. The van der Waals surface area contributed by atoms with Crippen molar-refractivity contribution in [1.29, 1.82) is 0 Å². The summed E-state index contributed by atoms with van der Waals surface area (Å²) >= 11 is 0. The molecule has 1 N–H and O–H groups in total. The molecule has 1 atom stereocenters. The Balaban J connectivity index is 1.79. The van der Waals surface area contributed by atoms with Crippen LogP contribution in [0, 0.1) is 6.92 Å². The van der Waals surface area contributed by atoms with Crippen molar-refractivity contribution >= 4 is 17.4 Å². The zero-order chi connectivity index (χ0) is 20.5. The largest absolute Gasteiger partial charge is 0.507 e. The zero-order valence-corrected chi connectivity index (χ0v) is 16.1. The Bertz CT molecular complexity index is 991. The van der Waals surface area contributed by atoms with Crippen LogP contribution in [-0.4, -0.2) is 48.8 Å². The maximum Gasteiger partial charge on any atom is 0.295 e. The third-order valence-electron chi connectivity index (χ3n) is 4.96. The number of likely N-dealkylation sites (tertiary alicyclic amines) is 1. The molecule has 2 aliphatic rings. The average Bonchev–Trinajstić information content (AvgIpc) is 3.41. The molecule has 1 saturated heterocycles. The summed E-state index contributed by atoms with van der Waals surface area (Å²) in [7, 11) is 1.57. The van der Waals surface area contributed by atoms with Gasteiger partial charge in [-0.1, -0.05) is 0 Å². The number of fused-ring (bicyclic) bond motifs is 1. The average molecular weight is 399 g/mol. The van der Waals surface area contributed by atoms with Crippen LogP contribution in [0.2, 0.25) is 0 Å². The van der Waals surface area contributed by atoms with Gasteiger partial charge in [-0.3, -0.25) is 9.59 Å². The Morgan fingerprint density at radius 1 is 1.21 bits per heavy atom. The first-order valence-corrected chi connectivity index (χ1v) is 9.25. The lowest BCUT2D eigenvalue weighted by Gasteiger charge is -2.23. The van der Waals surface area contributed by atoms with E-state index in [0.29, 0.717) is 48.2 Å². The van der Waals surface area contributed by atoms with E-state index in [0.717, 1.165) is 0 Å². The van der Waals surface area contributed by atoms with Crippen molar-refractivity contribution in [3.05, 3.63) is 53.0 Å². The van der Waals surface area contributed by atoms with Gasteiger partial charge < -0.3 is 28.6 Å². The van der Waals surface area contributed by atoms with Crippen LogP contribution in [0.1, 0.15) is 29.5 Å². The molecule has 29 heavy (non-hydrogen) atoms. The molecule has 8 heteroatoms. The van der Waals surface area contributed by atoms with Crippen LogP contribution in [0.4, 0.5) is 0 Å². The third kappa shape index (κ3) is 3.36. The molecule has 4 rings (SSSR count). The van der Waals surface area contributed by atoms with Gasteiger partial charge >= 0.3 is 0 Å². The summed E-state index contributed by atoms with van der Waals surface area (Å²) in [5.74, 6) is 0.370. The second-order valence-electron chi connectivity index (χ2n) is 6.86. The van der Waals surface area contributed by atoms with Gasteiger partial charge in [0.05, 0.1) is 5.57 Å². The van der Waals surface area contributed by atoms with E-state index in [2.05, 4.69) is 0 Å². The number of hydrogen-bond acceptors (Lipinski definition) is 7. The van der Waals surface area contributed by atoms with Crippen LogP contribution in [0.15, 0.2) is 40.3 Å². The lowest BCUT2D eigenvalue weighted by molar-refractivity contribution is -0.140. The van der Waals surface area contributed by atoms with Gasteiger partial charge in [0.15, 0.2) is 11.5 Å². The number of ether oxygens (including phenoxy) is 3. The van der Waals surface area contributed by atoms with Gasteiger partial charge in [0.2, 0.25) is 6.79 Å². The molecule has 3 heterocycles. The minimum atomic E-state index is -0.814. The monoisotopic (exact) mass is 399 g/mol. The van der Waals surface area contributed by atoms with Crippen molar-refractivity contribution < 1.29 is 33.3 Å². The minimum absolute atomic E-state index is 0.0133. The van der Waals surface area contributed by atoms with Crippen LogP contribution < -0.4 is 9.47 Å². The third-order valence-corrected chi connectivity index (χ3v) is 4.96. The minimum Gasteiger partial charge on any atom is -0.507 e. The number of carbonyl (C=O) groups excluding carboxylic acids is 2. The van der Waals surface area contributed by atoms with Gasteiger partial charge in [0, 0.05) is 25.8 Å². The molecule has 0 radical (unpaired) electrons. The molecular formula is C21H21NO7. The number of furan rings is 1. The predicted molar refractivity (Wildman–Crippen MR) is 102 cm³/mol. The molecule has 0 aliphatic carbocycles. The Morgan fingerprint density at radius 2 is 2.00 bits per heavy atom. The first kappa shape index (κ1) is 19.1. The lowest BCUT2D eigenvalue weighted by atomic mass is 9.99. The smallest absolute Gasteiger partial charge is 0.295 e. The molecule has 2 aliphatic heterocycles. The molecule has 0 bridgehead atoms. The summed E-state index contributed by atoms with van der Waals surface area (Å²) in [6.07, 6.45) is 0.545. The van der Waals surface area contributed by atoms with Crippen molar-refractivity contribution in [2.45, 2.75) is 19.4 Å². The highest BCUT2D eigenvalue weighted by Gasteiger charge is 2.47. The van der Waals surface area contributed by atoms with E-state index in [1.54, 1.807) is 44.4 Å². The number of rotatable bonds is 6. The SMILES string of the molecule is COCCCN1C(=O)C(=O)/C(=C(\O)c2ccc3c(c2)OCO3)C1c1ccc(C)o1. The number of aliphatic hydroxyl groups is 1. The van der Waals surface area contributed by atoms with Gasteiger partial charge in [0.25, 0.3) is 11.7 Å². The molecule has 1 fully saturated rings. The highest BCUT2D eigenvalue weighted by atomic mass is 16.7. The molecule has 152 valence electrons. The summed E-state index contributed by atoms with van der Waals surface area (Å²) < 4.78 is 21.4. The van der Waals surface area contributed by atoms with Gasteiger partial charge in [-0.05, 0) is 43.7 Å². The standard InChI is InChI=1S/C21H21NO7/c1-12-4-6-15(29-12)18-17(20(24)21(25)22(18)8-3-9-26-2)19(23)13-5-7-14-16(10-13)28-11-27-14/h4-7,10,18,23H,3,8-9,11H2,1-2H3/b19-17-. The number of amides is 1. The van der Waals surface area contributed by atoms with Crippen molar-refractivity contribution in [3.63, 3.8) is 0 Å². The molecule has 1 amide bonds. The molecule has 2 aromatic rings. The summed E-state index contributed by atoms with van der Waals surface area (Å²) in [6, 6.07) is 7.50. The van der Waals surface area contributed by atoms with Gasteiger partial charge in [0.1, 0.15) is 23.3 Å². The van der Waals surface area contributed by atoms with Gasteiger partial charge in [-0.25, -0.2) is 0 Å². The molecule has 0 saturated carbocycles. The van der Waals surface area contributed by atoms with Crippen LogP contribution in [0.3, 0.4) is 0 Å². The number of nitrogens with zero attached hydrogens (tertiary/aromatic N) is 1. The highest BCUT2D eigenvalue weighted by Crippen LogP contribution is 2.41. The molecule has 0 spiro atoms. The van der Waals surface area contributed by atoms with E-state index in [9.17, 15) is 14.7 Å². The molecule has 1 aromatic carbocycles. The number of aryl methyl sites for hydroxylation is 1. The van der Waals surface area contributed by atoms with Crippen LogP contribution in [0.25, 0.3) is 5.76 Å². The Labute approximate surface area is 167 Å².